The van der Waals surface area contributed by atoms with Gasteiger partial charge in [0.15, 0.2) is 0 Å². The summed E-state index contributed by atoms with van der Waals surface area (Å²) in [6.45, 7) is 9.02. The average Bonchev–Trinajstić information content (AvgIpc) is 2.64. The monoisotopic (exact) mass is 410 g/mol. The molecule has 2 aromatic carbocycles. The Hall–Kier alpha value is -1.26. The van der Waals surface area contributed by atoms with E-state index in [4.69, 9.17) is 4.74 Å². The number of hydrogen-bond donors (Lipinski definition) is 1. The van der Waals surface area contributed by atoms with E-state index in [-0.39, 0.29) is 24.8 Å². The molecule has 0 radical (unpaired) electrons. The van der Waals surface area contributed by atoms with Crippen molar-refractivity contribution in [1.82, 2.24) is 10.2 Å². The van der Waals surface area contributed by atoms with Crippen molar-refractivity contribution in [1.29, 1.82) is 0 Å². The summed E-state index contributed by atoms with van der Waals surface area (Å²) in [7, 11) is 0. The molecule has 1 heterocycles. The summed E-state index contributed by atoms with van der Waals surface area (Å²) in [5, 5.41) is 3.46. The number of rotatable bonds is 7. The van der Waals surface area contributed by atoms with Crippen LogP contribution in [-0.2, 0) is 0 Å². The second kappa shape index (κ2) is 12.2. The summed E-state index contributed by atoms with van der Waals surface area (Å²) >= 11 is 0. The van der Waals surface area contributed by atoms with Crippen molar-refractivity contribution in [3.8, 4) is 11.5 Å². The lowest BCUT2D eigenvalue weighted by molar-refractivity contribution is 0.159. The van der Waals surface area contributed by atoms with Gasteiger partial charge >= 0.3 is 0 Å². The molecule has 5 heteroatoms. The van der Waals surface area contributed by atoms with Crippen molar-refractivity contribution in [3.05, 3.63) is 60.2 Å². The molecule has 1 N–H and O–H groups in total. The maximum Gasteiger partial charge on any atom is 0.127 e. The molecule has 0 aromatic heterocycles. The second-order valence-electron chi connectivity index (χ2n) is 7.26. The van der Waals surface area contributed by atoms with Gasteiger partial charge in [-0.25, -0.2) is 0 Å². The lowest BCUT2D eigenvalue weighted by Gasteiger charge is -2.35. The van der Waals surface area contributed by atoms with E-state index in [0.717, 1.165) is 43.6 Å². The van der Waals surface area contributed by atoms with Gasteiger partial charge in [0.25, 0.3) is 0 Å². The molecule has 0 spiro atoms. The van der Waals surface area contributed by atoms with Crippen LogP contribution in [-0.4, -0.2) is 31.1 Å². The molecular formula is C22H32Cl2N2O. The molecule has 0 bridgehead atoms. The molecule has 1 fully saturated rings. The van der Waals surface area contributed by atoms with Gasteiger partial charge in [0, 0.05) is 32.2 Å². The van der Waals surface area contributed by atoms with Crippen LogP contribution in [0.15, 0.2) is 54.6 Å². The van der Waals surface area contributed by atoms with Crippen molar-refractivity contribution in [2.24, 2.45) is 5.92 Å². The van der Waals surface area contributed by atoms with Crippen molar-refractivity contribution in [3.63, 3.8) is 0 Å². The maximum absolute atomic E-state index is 6.05. The Labute approximate surface area is 176 Å². The zero-order valence-electron chi connectivity index (χ0n) is 16.3. The number of nitrogens with zero attached hydrogens (tertiary/aromatic N) is 1. The molecule has 1 atom stereocenters. The molecule has 0 unspecified atom stereocenters. The zero-order chi connectivity index (χ0) is 17.5. The third-order valence-corrected chi connectivity index (χ3v) is 4.83. The number of para-hydroxylation sites is 1. The summed E-state index contributed by atoms with van der Waals surface area (Å²) in [6, 6.07) is 19.1. The Kier molecular flexibility index (Phi) is 10.8. The number of benzene rings is 2. The van der Waals surface area contributed by atoms with Gasteiger partial charge in [0.05, 0.1) is 0 Å². The Bertz CT molecular complexity index is 646. The predicted molar refractivity (Wildman–Crippen MR) is 119 cm³/mol. The fourth-order valence-corrected chi connectivity index (χ4v) is 3.45. The first kappa shape index (κ1) is 23.8. The van der Waals surface area contributed by atoms with Gasteiger partial charge in [0.2, 0.25) is 0 Å². The smallest absolute Gasteiger partial charge is 0.127 e. The summed E-state index contributed by atoms with van der Waals surface area (Å²) in [4.78, 5) is 2.63. The summed E-state index contributed by atoms with van der Waals surface area (Å²) in [6.07, 6.45) is 2.45. The summed E-state index contributed by atoms with van der Waals surface area (Å²) in [5.74, 6) is 2.54. The fourth-order valence-electron chi connectivity index (χ4n) is 3.45. The van der Waals surface area contributed by atoms with Gasteiger partial charge in [0.1, 0.15) is 11.5 Å². The average molecular weight is 411 g/mol. The van der Waals surface area contributed by atoms with E-state index in [0.29, 0.717) is 6.04 Å². The van der Waals surface area contributed by atoms with Gasteiger partial charge in [-0.1, -0.05) is 44.2 Å². The quantitative estimate of drug-likeness (QED) is 0.632. The molecule has 1 aliphatic heterocycles. The van der Waals surface area contributed by atoms with Crippen LogP contribution in [0.3, 0.4) is 0 Å². The highest BCUT2D eigenvalue weighted by Crippen LogP contribution is 2.31. The van der Waals surface area contributed by atoms with E-state index < -0.39 is 0 Å². The Morgan fingerprint density at radius 1 is 0.889 bits per heavy atom. The molecule has 1 saturated heterocycles. The SMILES string of the molecule is CC(C)CC[C@@H](c1cccc(Oc2ccccc2)c1)N1CCNCC1.Cl.Cl. The van der Waals surface area contributed by atoms with Crippen LogP contribution >= 0.6 is 24.8 Å². The van der Waals surface area contributed by atoms with Crippen LogP contribution < -0.4 is 10.1 Å². The van der Waals surface area contributed by atoms with Crippen molar-refractivity contribution >= 4 is 24.8 Å². The van der Waals surface area contributed by atoms with E-state index in [1.165, 1.54) is 18.4 Å². The van der Waals surface area contributed by atoms with Crippen molar-refractivity contribution in [2.75, 3.05) is 26.2 Å². The topological polar surface area (TPSA) is 24.5 Å². The largest absolute Gasteiger partial charge is 0.457 e. The molecule has 0 aliphatic carbocycles. The van der Waals surface area contributed by atoms with Gasteiger partial charge in [-0.2, -0.15) is 0 Å². The lowest BCUT2D eigenvalue weighted by Crippen LogP contribution is -2.45. The first-order chi connectivity index (χ1) is 12.2. The Morgan fingerprint density at radius 3 is 2.22 bits per heavy atom. The highest BCUT2D eigenvalue weighted by molar-refractivity contribution is 5.85. The molecule has 2 aromatic rings. The van der Waals surface area contributed by atoms with Crippen LogP contribution in [0, 0.1) is 5.92 Å². The van der Waals surface area contributed by atoms with Gasteiger partial charge in [-0.15, -0.1) is 24.8 Å². The molecule has 0 saturated carbocycles. The minimum atomic E-state index is 0. The summed E-state index contributed by atoms with van der Waals surface area (Å²) < 4.78 is 6.05. The van der Waals surface area contributed by atoms with Crippen LogP contribution in [0.2, 0.25) is 0 Å². The van der Waals surface area contributed by atoms with Gasteiger partial charge in [-0.3, -0.25) is 4.90 Å². The number of hydrogen-bond acceptors (Lipinski definition) is 3. The third-order valence-electron chi connectivity index (χ3n) is 4.83. The van der Waals surface area contributed by atoms with Crippen LogP contribution in [0.4, 0.5) is 0 Å². The molecule has 3 nitrogen and oxygen atoms in total. The molecule has 3 rings (SSSR count). The highest BCUT2D eigenvalue weighted by Gasteiger charge is 2.22. The minimum absolute atomic E-state index is 0. The maximum atomic E-state index is 6.05. The lowest BCUT2D eigenvalue weighted by atomic mass is 9.95. The van der Waals surface area contributed by atoms with E-state index in [1.807, 2.05) is 36.4 Å². The standard InChI is InChI=1S/C22H30N2O.2ClH/c1-18(2)11-12-22(24-15-13-23-14-16-24)19-7-6-10-21(17-19)25-20-8-4-3-5-9-20;;/h3-10,17-18,22-23H,11-16H2,1-2H3;2*1H/t22-;;/m0../s1. The molecule has 1 aliphatic rings. The summed E-state index contributed by atoms with van der Waals surface area (Å²) in [5.41, 5.74) is 1.37. The van der Waals surface area contributed by atoms with Crippen LogP contribution in [0.5, 0.6) is 11.5 Å². The van der Waals surface area contributed by atoms with Gasteiger partial charge in [-0.05, 0) is 48.6 Å². The van der Waals surface area contributed by atoms with Crippen LogP contribution in [0.25, 0.3) is 0 Å². The van der Waals surface area contributed by atoms with Crippen molar-refractivity contribution in [2.45, 2.75) is 32.7 Å². The molecule has 0 amide bonds. The first-order valence-corrected chi connectivity index (χ1v) is 9.50. The molecule has 27 heavy (non-hydrogen) atoms. The van der Waals surface area contributed by atoms with E-state index in [2.05, 4.69) is 42.3 Å². The molecular weight excluding hydrogens is 379 g/mol. The Balaban J connectivity index is 0.00000182. The number of piperazine rings is 1. The Morgan fingerprint density at radius 2 is 1.56 bits per heavy atom. The van der Waals surface area contributed by atoms with Crippen molar-refractivity contribution < 1.29 is 4.74 Å². The number of halogens is 2. The number of nitrogens with one attached hydrogen (secondary N) is 1. The van der Waals surface area contributed by atoms with Gasteiger partial charge < -0.3 is 10.1 Å². The second-order valence-corrected chi connectivity index (χ2v) is 7.26. The third kappa shape index (κ3) is 7.34. The number of ether oxygens (including phenoxy) is 1. The van der Waals surface area contributed by atoms with E-state index >= 15 is 0 Å². The normalized spacial score (nSPS) is 15.5. The fraction of sp³-hybridized carbons (Fsp3) is 0.455. The van der Waals surface area contributed by atoms with Crippen LogP contribution in [0.1, 0.15) is 38.3 Å². The molecule has 150 valence electrons. The highest BCUT2D eigenvalue weighted by atomic mass is 35.5. The zero-order valence-corrected chi connectivity index (χ0v) is 17.9. The minimum Gasteiger partial charge on any atom is -0.457 e. The predicted octanol–water partition coefficient (Wildman–Crippen LogP) is 5.71. The van der Waals surface area contributed by atoms with E-state index in [1.54, 1.807) is 0 Å². The van der Waals surface area contributed by atoms with E-state index in [9.17, 15) is 0 Å². The first-order valence-electron chi connectivity index (χ1n) is 9.50.